The fourth-order valence-corrected chi connectivity index (χ4v) is 2.53. The van der Waals surface area contributed by atoms with Crippen LogP contribution in [0.2, 0.25) is 0 Å². The van der Waals surface area contributed by atoms with Crippen molar-refractivity contribution in [2.45, 2.75) is 13.2 Å². The number of aliphatic hydroxyl groups is 1. The van der Waals surface area contributed by atoms with Crippen molar-refractivity contribution in [1.82, 2.24) is 15.0 Å². The molecule has 0 saturated carbocycles. The van der Waals surface area contributed by atoms with Crippen molar-refractivity contribution in [2.24, 2.45) is 0 Å². The average molecular weight is 274 g/mol. The molecule has 0 amide bonds. The summed E-state index contributed by atoms with van der Waals surface area (Å²) in [5, 5.41) is 18.5. The SMILES string of the molecule is OCc1cn(Cc2cc(Br)cs2)nn1. The number of hydrogen-bond donors (Lipinski definition) is 1. The Labute approximate surface area is 93.3 Å². The van der Waals surface area contributed by atoms with E-state index in [-0.39, 0.29) is 6.61 Å². The summed E-state index contributed by atoms with van der Waals surface area (Å²) in [6.07, 6.45) is 1.74. The van der Waals surface area contributed by atoms with Crippen LogP contribution in [-0.2, 0) is 13.2 Å². The van der Waals surface area contributed by atoms with E-state index < -0.39 is 0 Å². The fraction of sp³-hybridized carbons (Fsp3) is 0.250. The van der Waals surface area contributed by atoms with Gasteiger partial charge < -0.3 is 5.11 Å². The minimum absolute atomic E-state index is 0.0614. The van der Waals surface area contributed by atoms with Gasteiger partial charge >= 0.3 is 0 Å². The highest BCUT2D eigenvalue weighted by molar-refractivity contribution is 9.10. The third-order valence-corrected chi connectivity index (χ3v) is 3.37. The molecule has 2 heterocycles. The van der Waals surface area contributed by atoms with Crippen LogP contribution in [0.3, 0.4) is 0 Å². The Bertz CT molecular complexity index is 426. The van der Waals surface area contributed by atoms with E-state index in [1.165, 1.54) is 4.88 Å². The van der Waals surface area contributed by atoms with Gasteiger partial charge in [-0.3, -0.25) is 0 Å². The lowest BCUT2D eigenvalue weighted by Gasteiger charge is -1.94. The Kier molecular flexibility index (Phi) is 2.95. The summed E-state index contributed by atoms with van der Waals surface area (Å²) in [6.45, 7) is 0.636. The second-order valence-electron chi connectivity index (χ2n) is 2.80. The molecule has 1 N–H and O–H groups in total. The van der Waals surface area contributed by atoms with Crippen molar-refractivity contribution in [3.63, 3.8) is 0 Å². The van der Waals surface area contributed by atoms with Crippen LogP contribution >= 0.6 is 27.3 Å². The molecule has 0 aliphatic rings. The van der Waals surface area contributed by atoms with Gasteiger partial charge in [0.1, 0.15) is 5.69 Å². The van der Waals surface area contributed by atoms with E-state index in [0.717, 1.165) is 4.47 Å². The van der Waals surface area contributed by atoms with Crippen LogP contribution in [0.25, 0.3) is 0 Å². The van der Waals surface area contributed by atoms with Crippen LogP contribution in [0.4, 0.5) is 0 Å². The number of thiophene rings is 1. The summed E-state index contributed by atoms with van der Waals surface area (Å²) in [5.74, 6) is 0. The summed E-state index contributed by atoms with van der Waals surface area (Å²) in [6, 6.07) is 2.05. The van der Waals surface area contributed by atoms with Gasteiger partial charge in [0, 0.05) is 14.7 Å². The van der Waals surface area contributed by atoms with Crippen LogP contribution in [0.1, 0.15) is 10.6 Å². The van der Waals surface area contributed by atoms with E-state index in [1.54, 1.807) is 22.2 Å². The summed E-state index contributed by atoms with van der Waals surface area (Å²) >= 11 is 5.05. The summed E-state index contributed by atoms with van der Waals surface area (Å²) in [7, 11) is 0. The number of rotatable bonds is 3. The lowest BCUT2D eigenvalue weighted by Crippen LogP contribution is -1.98. The summed E-state index contributed by atoms with van der Waals surface area (Å²) in [5.41, 5.74) is 0.598. The highest BCUT2D eigenvalue weighted by Crippen LogP contribution is 2.20. The van der Waals surface area contributed by atoms with Crippen molar-refractivity contribution in [2.75, 3.05) is 0 Å². The van der Waals surface area contributed by atoms with Gasteiger partial charge in [0.2, 0.25) is 0 Å². The van der Waals surface area contributed by atoms with Crippen molar-refractivity contribution < 1.29 is 5.11 Å². The second-order valence-corrected chi connectivity index (χ2v) is 4.71. The largest absolute Gasteiger partial charge is 0.390 e. The van der Waals surface area contributed by atoms with Crippen molar-refractivity contribution in [3.05, 3.63) is 32.7 Å². The third kappa shape index (κ3) is 2.20. The first-order valence-corrected chi connectivity index (χ1v) is 5.68. The van der Waals surface area contributed by atoms with Gasteiger partial charge in [-0.2, -0.15) is 0 Å². The molecule has 0 aromatic carbocycles. The molecule has 14 heavy (non-hydrogen) atoms. The van der Waals surface area contributed by atoms with Crippen molar-refractivity contribution in [1.29, 1.82) is 0 Å². The van der Waals surface area contributed by atoms with Crippen molar-refractivity contribution >= 4 is 27.3 Å². The highest BCUT2D eigenvalue weighted by atomic mass is 79.9. The molecule has 0 fully saturated rings. The fourth-order valence-electron chi connectivity index (χ4n) is 1.08. The van der Waals surface area contributed by atoms with Gasteiger partial charge in [-0.15, -0.1) is 16.4 Å². The molecule has 2 rings (SSSR count). The Morgan fingerprint density at radius 3 is 3.00 bits per heavy atom. The number of aromatic nitrogens is 3. The lowest BCUT2D eigenvalue weighted by molar-refractivity contribution is 0.276. The predicted octanol–water partition coefficient (Wildman–Crippen LogP) is 1.64. The minimum atomic E-state index is -0.0614. The molecule has 0 saturated heterocycles. The standard InChI is InChI=1S/C8H8BrN3OS/c9-6-1-8(14-5-6)3-12-2-7(4-13)10-11-12/h1-2,5,13H,3-4H2. The summed E-state index contributed by atoms with van der Waals surface area (Å²) in [4.78, 5) is 1.20. The van der Waals surface area contributed by atoms with E-state index in [4.69, 9.17) is 5.11 Å². The maximum absolute atomic E-state index is 8.80. The molecule has 0 unspecified atom stereocenters. The highest BCUT2D eigenvalue weighted by Gasteiger charge is 2.02. The van der Waals surface area contributed by atoms with Crippen LogP contribution in [0, 0.1) is 0 Å². The molecule has 74 valence electrons. The first kappa shape index (κ1) is 9.82. The van der Waals surface area contributed by atoms with Gasteiger partial charge in [0.05, 0.1) is 19.3 Å². The quantitative estimate of drug-likeness (QED) is 0.925. The zero-order valence-electron chi connectivity index (χ0n) is 7.22. The smallest absolute Gasteiger partial charge is 0.108 e. The van der Waals surface area contributed by atoms with Crippen molar-refractivity contribution in [3.8, 4) is 0 Å². The Balaban J connectivity index is 2.10. The first-order chi connectivity index (χ1) is 6.78. The van der Waals surface area contributed by atoms with E-state index in [0.29, 0.717) is 12.2 Å². The maximum Gasteiger partial charge on any atom is 0.108 e. The Hall–Kier alpha value is -0.720. The molecule has 6 heteroatoms. The van der Waals surface area contributed by atoms with Gasteiger partial charge in [0.25, 0.3) is 0 Å². The molecule has 0 radical (unpaired) electrons. The van der Waals surface area contributed by atoms with Crippen LogP contribution in [-0.4, -0.2) is 20.1 Å². The van der Waals surface area contributed by atoms with E-state index in [1.807, 2.05) is 11.4 Å². The number of aliphatic hydroxyl groups excluding tert-OH is 1. The average Bonchev–Trinajstić information content (AvgIpc) is 2.76. The predicted molar refractivity (Wildman–Crippen MR) is 57.1 cm³/mol. The van der Waals surface area contributed by atoms with Crippen LogP contribution < -0.4 is 0 Å². The third-order valence-electron chi connectivity index (χ3n) is 1.69. The Morgan fingerprint density at radius 2 is 2.43 bits per heavy atom. The molecular weight excluding hydrogens is 266 g/mol. The van der Waals surface area contributed by atoms with Gasteiger partial charge in [-0.1, -0.05) is 5.21 Å². The number of nitrogens with zero attached hydrogens (tertiary/aromatic N) is 3. The first-order valence-electron chi connectivity index (χ1n) is 4.00. The number of halogens is 1. The second kappa shape index (κ2) is 4.20. The maximum atomic E-state index is 8.80. The lowest BCUT2D eigenvalue weighted by atomic mass is 10.4. The molecule has 0 aliphatic carbocycles. The van der Waals surface area contributed by atoms with E-state index in [2.05, 4.69) is 26.2 Å². The molecule has 0 spiro atoms. The monoisotopic (exact) mass is 273 g/mol. The van der Waals surface area contributed by atoms with Crippen LogP contribution in [0.15, 0.2) is 22.1 Å². The van der Waals surface area contributed by atoms with E-state index in [9.17, 15) is 0 Å². The zero-order chi connectivity index (χ0) is 9.97. The molecular formula is C8H8BrN3OS. The van der Waals surface area contributed by atoms with Gasteiger partial charge in [-0.25, -0.2) is 4.68 Å². The topological polar surface area (TPSA) is 50.9 Å². The Morgan fingerprint density at radius 1 is 1.57 bits per heavy atom. The van der Waals surface area contributed by atoms with E-state index >= 15 is 0 Å². The van der Waals surface area contributed by atoms with Gasteiger partial charge in [-0.05, 0) is 22.0 Å². The number of hydrogen-bond acceptors (Lipinski definition) is 4. The molecule has 2 aromatic rings. The molecule has 0 bridgehead atoms. The normalized spacial score (nSPS) is 10.7. The van der Waals surface area contributed by atoms with Crippen LogP contribution in [0.5, 0.6) is 0 Å². The molecule has 4 nitrogen and oxygen atoms in total. The molecule has 2 aromatic heterocycles. The summed E-state index contributed by atoms with van der Waals surface area (Å²) < 4.78 is 2.80. The molecule has 0 atom stereocenters. The van der Waals surface area contributed by atoms with Gasteiger partial charge in [0.15, 0.2) is 0 Å². The zero-order valence-corrected chi connectivity index (χ0v) is 9.62. The minimum Gasteiger partial charge on any atom is -0.390 e. The molecule has 0 aliphatic heterocycles.